The number of carbonyl (C=O) groups excluding carboxylic acids is 2. The van der Waals surface area contributed by atoms with E-state index in [4.69, 9.17) is 4.74 Å². The molecule has 1 atom stereocenters. The zero-order chi connectivity index (χ0) is 24.3. The van der Waals surface area contributed by atoms with Crippen LogP contribution in [-0.2, 0) is 15.0 Å². The lowest BCUT2D eigenvalue weighted by atomic mass is 9.85. The summed E-state index contributed by atoms with van der Waals surface area (Å²) < 4.78 is 5.47. The van der Waals surface area contributed by atoms with Crippen LogP contribution < -0.4 is 4.74 Å². The average Bonchev–Trinajstić information content (AvgIpc) is 3.02. The second kappa shape index (κ2) is 9.79. The molecule has 0 bridgehead atoms. The molecule has 1 aliphatic rings. The van der Waals surface area contributed by atoms with Gasteiger partial charge in [-0.1, -0.05) is 45.0 Å². The molecule has 1 fully saturated rings. The Morgan fingerprint density at radius 3 is 2.15 bits per heavy atom. The maximum Gasteiger partial charge on any atom is 0.295 e. The van der Waals surface area contributed by atoms with Gasteiger partial charge in [0.1, 0.15) is 11.5 Å². The number of hydrogen-bond donors (Lipinski definition) is 1. The number of nitrogens with zero attached hydrogens (tertiary/aromatic N) is 2. The van der Waals surface area contributed by atoms with Crippen molar-refractivity contribution >= 4 is 17.4 Å². The Morgan fingerprint density at radius 2 is 1.64 bits per heavy atom. The molecule has 0 aliphatic carbocycles. The van der Waals surface area contributed by atoms with Crippen LogP contribution in [0.5, 0.6) is 5.75 Å². The highest BCUT2D eigenvalue weighted by atomic mass is 16.5. The molecule has 176 valence electrons. The third kappa shape index (κ3) is 5.28. The van der Waals surface area contributed by atoms with E-state index >= 15 is 0 Å². The fourth-order valence-electron chi connectivity index (χ4n) is 3.96. The van der Waals surface area contributed by atoms with Gasteiger partial charge in [0.05, 0.1) is 18.2 Å². The van der Waals surface area contributed by atoms with Crippen molar-refractivity contribution in [3.8, 4) is 5.75 Å². The van der Waals surface area contributed by atoms with Gasteiger partial charge < -0.3 is 19.6 Å². The number of hydrogen-bond acceptors (Lipinski definition) is 5. The highest BCUT2D eigenvalue weighted by Gasteiger charge is 2.45. The predicted octanol–water partition coefficient (Wildman–Crippen LogP) is 4.37. The molecule has 1 N–H and O–H groups in total. The lowest BCUT2D eigenvalue weighted by molar-refractivity contribution is -0.140. The van der Waals surface area contributed by atoms with Crippen LogP contribution in [0.15, 0.2) is 54.1 Å². The van der Waals surface area contributed by atoms with Crippen LogP contribution in [0.25, 0.3) is 5.76 Å². The molecular formula is C27H34N2O4. The van der Waals surface area contributed by atoms with E-state index in [1.54, 1.807) is 29.2 Å². The summed E-state index contributed by atoms with van der Waals surface area (Å²) >= 11 is 0. The summed E-state index contributed by atoms with van der Waals surface area (Å²) in [7, 11) is 3.84. The summed E-state index contributed by atoms with van der Waals surface area (Å²) in [5.74, 6) is -0.747. The third-order valence-electron chi connectivity index (χ3n) is 5.86. The quantitative estimate of drug-likeness (QED) is 0.385. The minimum absolute atomic E-state index is 0.0203. The largest absolute Gasteiger partial charge is 0.507 e. The molecule has 1 unspecified atom stereocenters. The normalized spacial score (nSPS) is 18.3. The number of benzene rings is 2. The Hall–Kier alpha value is -3.12. The fourth-order valence-corrected chi connectivity index (χ4v) is 3.96. The number of carbonyl (C=O) groups is 2. The molecular weight excluding hydrogens is 416 g/mol. The van der Waals surface area contributed by atoms with E-state index in [1.807, 2.05) is 50.2 Å². The van der Waals surface area contributed by atoms with Crippen molar-refractivity contribution in [1.82, 2.24) is 9.80 Å². The van der Waals surface area contributed by atoms with Gasteiger partial charge in [-0.05, 0) is 61.8 Å². The molecule has 0 saturated carbocycles. The topological polar surface area (TPSA) is 70.1 Å². The number of rotatable bonds is 7. The smallest absolute Gasteiger partial charge is 0.295 e. The van der Waals surface area contributed by atoms with Crippen molar-refractivity contribution in [2.75, 3.05) is 33.8 Å². The lowest BCUT2D eigenvalue weighted by Crippen LogP contribution is -2.35. The first-order valence-electron chi connectivity index (χ1n) is 11.3. The number of aliphatic hydroxyl groups is 1. The number of ketones is 1. The number of amides is 1. The summed E-state index contributed by atoms with van der Waals surface area (Å²) in [5.41, 5.74) is 2.52. The third-order valence-corrected chi connectivity index (χ3v) is 5.86. The van der Waals surface area contributed by atoms with E-state index in [-0.39, 0.29) is 16.7 Å². The van der Waals surface area contributed by atoms with Gasteiger partial charge in [-0.25, -0.2) is 0 Å². The van der Waals surface area contributed by atoms with Crippen LogP contribution in [0.1, 0.15) is 50.4 Å². The zero-order valence-electron chi connectivity index (χ0n) is 20.4. The molecule has 6 heteroatoms. The molecule has 33 heavy (non-hydrogen) atoms. The number of likely N-dealkylation sites (tertiary alicyclic amines) is 1. The molecule has 3 rings (SSSR count). The standard InChI is InChI=1S/C27H34N2O4/c1-7-33-21-14-10-19(11-15-21)24(30)22-23(18-8-12-20(13-9-18)27(2,3)4)29(17-16-28(5)6)26(32)25(22)31/h8-15,23,30H,7,16-17H2,1-6H3/b24-22-. The Balaban J connectivity index is 2.10. The number of aliphatic hydroxyl groups excluding tert-OH is 1. The Morgan fingerprint density at radius 1 is 1.03 bits per heavy atom. The zero-order valence-corrected chi connectivity index (χ0v) is 20.4. The Bertz CT molecular complexity index is 1030. The van der Waals surface area contributed by atoms with Gasteiger partial charge in [0.15, 0.2) is 0 Å². The van der Waals surface area contributed by atoms with E-state index in [9.17, 15) is 14.7 Å². The van der Waals surface area contributed by atoms with Gasteiger partial charge in [0.25, 0.3) is 11.7 Å². The molecule has 6 nitrogen and oxygen atoms in total. The summed E-state index contributed by atoms with van der Waals surface area (Å²) in [5, 5.41) is 11.2. The maximum atomic E-state index is 13.1. The van der Waals surface area contributed by atoms with Gasteiger partial charge in [0.2, 0.25) is 0 Å². The van der Waals surface area contributed by atoms with Crippen molar-refractivity contribution in [2.45, 2.75) is 39.2 Å². The summed E-state index contributed by atoms with van der Waals surface area (Å²) in [6.07, 6.45) is 0. The van der Waals surface area contributed by atoms with Crippen LogP contribution in [0.2, 0.25) is 0 Å². The van der Waals surface area contributed by atoms with E-state index in [0.717, 1.165) is 11.1 Å². The second-order valence-electron chi connectivity index (χ2n) is 9.63. The van der Waals surface area contributed by atoms with Crippen LogP contribution in [0.3, 0.4) is 0 Å². The lowest BCUT2D eigenvalue weighted by Gasteiger charge is -2.27. The molecule has 0 aromatic heterocycles. The average molecular weight is 451 g/mol. The number of likely N-dealkylation sites (N-methyl/N-ethyl adjacent to an activating group) is 1. The number of ether oxygens (including phenoxy) is 1. The highest BCUT2D eigenvalue weighted by Crippen LogP contribution is 2.40. The highest BCUT2D eigenvalue weighted by molar-refractivity contribution is 6.46. The number of Topliss-reactive ketones (excluding diaryl/α,β-unsaturated/α-hetero) is 1. The minimum Gasteiger partial charge on any atom is -0.507 e. The van der Waals surface area contributed by atoms with Crippen molar-refractivity contribution in [2.24, 2.45) is 0 Å². The Labute approximate surface area is 196 Å². The molecule has 1 heterocycles. The van der Waals surface area contributed by atoms with Crippen molar-refractivity contribution < 1.29 is 19.4 Å². The van der Waals surface area contributed by atoms with Crippen LogP contribution >= 0.6 is 0 Å². The minimum atomic E-state index is -0.662. The first kappa shape index (κ1) is 24.5. The van der Waals surface area contributed by atoms with Crippen molar-refractivity contribution in [1.29, 1.82) is 0 Å². The van der Waals surface area contributed by atoms with Crippen LogP contribution in [0.4, 0.5) is 0 Å². The van der Waals surface area contributed by atoms with Crippen molar-refractivity contribution in [3.63, 3.8) is 0 Å². The van der Waals surface area contributed by atoms with E-state index in [0.29, 0.717) is 31.0 Å². The molecule has 1 amide bonds. The SMILES string of the molecule is CCOc1ccc(/C(O)=C2/C(=O)C(=O)N(CCN(C)C)C2c2ccc(C(C)(C)C)cc2)cc1. The van der Waals surface area contributed by atoms with Gasteiger partial charge in [-0.3, -0.25) is 9.59 Å². The van der Waals surface area contributed by atoms with Crippen LogP contribution in [0, 0.1) is 0 Å². The first-order chi connectivity index (χ1) is 15.5. The van der Waals surface area contributed by atoms with Crippen molar-refractivity contribution in [3.05, 3.63) is 70.8 Å². The molecule has 2 aromatic carbocycles. The Kier molecular flexibility index (Phi) is 7.28. The first-order valence-corrected chi connectivity index (χ1v) is 11.3. The van der Waals surface area contributed by atoms with E-state index in [1.165, 1.54) is 0 Å². The maximum absolute atomic E-state index is 13.1. The molecule has 0 radical (unpaired) electrons. The summed E-state index contributed by atoms with van der Waals surface area (Å²) in [6, 6.07) is 14.2. The molecule has 0 spiro atoms. The van der Waals surface area contributed by atoms with Gasteiger partial charge >= 0.3 is 0 Å². The molecule has 2 aromatic rings. The van der Waals surface area contributed by atoms with Gasteiger partial charge in [-0.2, -0.15) is 0 Å². The van der Waals surface area contributed by atoms with Gasteiger partial charge in [0, 0.05) is 18.7 Å². The fraction of sp³-hybridized carbons (Fsp3) is 0.407. The second-order valence-corrected chi connectivity index (χ2v) is 9.63. The summed E-state index contributed by atoms with van der Waals surface area (Å²) in [4.78, 5) is 29.6. The van der Waals surface area contributed by atoms with E-state index in [2.05, 4.69) is 20.8 Å². The monoisotopic (exact) mass is 450 g/mol. The summed E-state index contributed by atoms with van der Waals surface area (Å²) in [6.45, 7) is 9.82. The molecule has 1 aliphatic heterocycles. The van der Waals surface area contributed by atoms with E-state index < -0.39 is 17.7 Å². The van der Waals surface area contributed by atoms with Crippen LogP contribution in [-0.4, -0.2) is 60.4 Å². The molecule has 1 saturated heterocycles. The van der Waals surface area contributed by atoms with Gasteiger partial charge in [-0.15, -0.1) is 0 Å². The predicted molar refractivity (Wildman–Crippen MR) is 130 cm³/mol.